The van der Waals surface area contributed by atoms with Gasteiger partial charge in [0.1, 0.15) is 0 Å². The highest BCUT2D eigenvalue weighted by atomic mass is 16.2. The zero-order valence-electron chi connectivity index (χ0n) is 10.5. The van der Waals surface area contributed by atoms with E-state index >= 15 is 0 Å². The summed E-state index contributed by atoms with van der Waals surface area (Å²) < 4.78 is 0. The zero-order chi connectivity index (χ0) is 12.1. The van der Waals surface area contributed by atoms with Gasteiger partial charge >= 0.3 is 0 Å². The zero-order valence-corrected chi connectivity index (χ0v) is 10.5. The first-order valence-electron chi connectivity index (χ1n) is 6.13. The van der Waals surface area contributed by atoms with Crippen molar-refractivity contribution in [1.82, 2.24) is 10.2 Å². The van der Waals surface area contributed by atoms with Crippen molar-refractivity contribution in [2.75, 3.05) is 19.6 Å². The quantitative estimate of drug-likeness (QED) is 0.761. The summed E-state index contributed by atoms with van der Waals surface area (Å²) >= 11 is 0. The van der Waals surface area contributed by atoms with Crippen molar-refractivity contribution in [3.8, 4) is 0 Å². The molecule has 4 nitrogen and oxygen atoms in total. The Bertz CT molecular complexity index is 266. The summed E-state index contributed by atoms with van der Waals surface area (Å²) in [5.74, 6) is 0.504. The molecule has 0 aromatic heterocycles. The van der Waals surface area contributed by atoms with Gasteiger partial charge in [-0.05, 0) is 12.8 Å². The third-order valence-corrected chi connectivity index (χ3v) is 3.25. The normalized spacial score (nSPS) is 21.7. The third kappa shape index (κ3) is 3.22. The van der Waals surface area contributed by atoms with Gasteiger partial charge in [0.15, 0.2) is 0 Å². The molecule has 1 rings (SSSR count). The van der Waals surface area contributed by atoms with Crippen molar-refractivity contribution in [3.05, 3.63) is 0 Å². The van der Waals surface area contributed by atoms with E-state index in [1.54, 1.807) is 0 Å². The Morgan fingerprint density at radius 3 is 2.69 bits per heavy atom. The molecule has 0 aromatic carbocycles. The van der Waals surface area contributed by atoms with Crippen molar-refractivity contribution >= 4 is 11.8 Å². The molecule has 0 spiro atoms. The summed E-state index contributed by atoms with van der Waals surface area (Å²) in [6.07, 6.45) is 1.43. The summed E-state index contributed by atoms with van der Waals surface area (Å²) in [6, 6.07) is 0. The van der Waals surface area contributed by atoms with E-state index in [-0.39, 0.29) is 17.7 Å². The lowest BCUT2D eigenvalue weighted by atomic mass is 10.0. The Morgan fingerprint density at radius 1 is 1.56 bits per heavy atom. The van der Waals surface area contributed by atoms with E-state index in [0.29, 0.717) is 18.9 Å². The second-order valence-corrected chi connectivity index (χ2v) is 4.60. The molecule has 1 heterocycles. The first kappa shape index (κ1) is 13.0. The van der Waals surface area contributed by atoms with Crippen LogP contribution in [0.4, 0.5) is 0 Å². The monoisotopic (exact) mass is 226 g/mol. The highest BCUT2D eigenvalue weighted by molar-refractivity contribution is 5.89. The van der Waals surface area contributed by atoms with Gasteiger partial charge < -0.3 is 10.2 Å². The molecule has 1 saturated heterocycles. The van der Waals surface area contributed by atoms with Gasteiger partial charge in [0.2, 0.25) is 11.8 Å². The number of nitrogens with one attached hydrogen (secondary N) is 1. The number of nitrogens with zero attached hydrogens (tertiary/aromatic N) is 1. The average Bonchev–Trinajstić information content (AvgIpc) is 2.71. The molecule has 0 bridgehead atoms. The largest absolute Gasteiger partial charge is 0.355 e. The minimum atomic E-state index is -0.142. The van der Waals surface area contributed by atoms with Crippen LogP contribution in [-0.4, -0.2) is 36.3 Å². The maximum absolute atomic E-state index is 12.1. The van der Waals surface area contributed by atoms with E-state index in [0.717, 1.165) is 19.5 Å². The molecular formula is C12H22N2O2. The molecule has 4 heteroatoms. The summed E-state index contributed by atoms with van der Waals surface area (Å²) in [5, 5.41) is 2.71. The van der Waals surface area contributed by atoms with Gasteiger partial charge in [-0.2, -0.15) is 0 Å². The standard InChI is InChI=1S/C12H22N2O2/c1-4-9(3)8-14(5-2)12(16)10-6-11(15)13-7-10/h9-10H,4-8H2,1-3H3,(H,13,15). The van der Waals surface area contributed by atoms with Crippen molar-refractivity contribution < 1.29 is 9.59 Å². The Kier molecular flexibility index (Phi) is 4.77. The van der Waals surface area contributed by atoms with Crippen LogP contribution in [0.3, 0.4) is 0 Å². The molecule has 1 aliphatic heterocycles. The van der Waals surface area contributed by atoms with Crippen molar-refractivity contribution in [2.45, 2.75) is 33.6 Å². The SMILES string of the molecule is CCC(C)CN(CC)C(=O)C1CNC(=O)C1. The van der Waals surface area contributed by atoms with Crippen LogP contribution in [0, 0.1) is 11.8 Å². The van der Waals surface area contributed by atoms with Gasteiger partial charge in [-0.25, -0.2) is 0 Å². The van der Waals surface area contributed by atoms with Crippen LogP contribution in [-0.2, 0) is 9.59 Å². The van der Waals surface area contributed by atoms with Crippen LogP contribution in [0.1, 0.15) is 33.6 Å². The van der Waals surface area contributed by atoms with Crippen LogP contribution >= 0.6 is 0 Å². The fraction of sp³-hybridized carbons (Fsp3) is 0.833. The molecule has 2 unspecified atom stereocenters. The van der Waals surface area contributed by atoms with E-state index in [9.17, 15) is 9.59 Å². The smallest absolute Gasteiger partial charge is 0.227 e. The van der Waals surface area contributed by atoms with Crippen LogP contribution < -0.4 is 5.32 Å². The van der Waals surface area contributed by atoms with Gasteiger partial charge in [-0.15, -0.1) is 0 Å². The van der Waals surface area contributed by atoms with E-state index in [1.807, 2.05) is 11.8 Å². The Labute approximate surface area is 97.4 Å². The number of hydrogen-bond donors (Lipinski definition) is 1. The average molecular weight is 226 g/mol. The van der Waals surface area contributed by atoms with E-state index in [2.05, 4.69) is 19.2 Å². The molecule has 1 fully saturated rings. The predicted molar refractivity (Wildman–Crippen MR) is 62.8 cm³/mol. The molecular weight excluding hydrogens is 204 g/mol. The number of carbonyl (C=O) groups excluding carboxylic acids is 2. The lowest BCUT2D eigenvalue weighted by Crippen LogP contribution is -2.39. The number of rotatable bonds is 5. The van der Waals surface area contributed by atoms with Gasteiger partial charge in [0.05, 0.1) is 5.92 Å². The van der Waals surface area contributed by atoms with E-state index in [4.69, 9.17) is 0 Å². The second kappa shape index (κ2) is 5.87. The van der Waals surface area contributed by atoms with Gasteiger partial charge in [0, 0.05) is 26.1 Å². The molecule has 0 saturated carbocycles. The Hall–Kier alpha value is -1.06. The van der Waals surface area contributed by atoms with E-state index < -0.39 is 0 Å². The highest BCUT2D eigenvalue weighted by Crippen LogP contribution is 2.14. The minimum Gasteiger partial charge on any atom is -0.355 e. The van der Waals surface area contributed by atoms with Gasteiger partial charge in [0.25, 0.3) is 0 Å². The van der Waals surface area contributed by atoms with E-state index in [1.165, 1.54) is 0 Å². The lowest BCUT2D eigenvalue weighted by molar-refractivity contribution is -0.136. The minimum absolute atomic E-state index is 0.00190. The molecule has 2 amide bonds. The topological polar surface area (TPSA) is 49.4 Å². The van der Waals surface area contributed by atoms with Crippen LogP contribution in [0.25, 0.3) is 0 Å². The predicted octanol–water partition coefficient (Wildman–Crippen LogP) is 1.02. The van der Waals surface area contributed by atoms with Crippen molar-refractivity contribution in [2.24, 2.45) is 11.8 Å². The first-order valence-corrected chi connectivity index (χ1v) is 6.13. The third-order valence-electron chi connectivity index (χ3n) is 3.25. The summed E-state index contributed by atoms with van der Waals surface area (Å²) in [7, 11) is 0. The van der Waals surface area contributed by atoms with Crippen LogP contribution in [0.5, 0.6) is 0 Å². The molecule has 1 aliphatic rings. The van der Waals surface area contributed by atoms with Crippen molar-refractivity contribution in [1.29, 1.82) is 0 Å². The Morgan fingerprint density at radius 2 is 2.25 bits per heavy atom. The molecule has 0 radical (unpaired) electrons. The lowest BCUT2D eigenvalue weighted by Gasteiger charge is -2.26. The Balaban J connectivity index is 2.52. The molecule has 92 valence electrons. The van der Waals surface area contributed by atoms with Gasteiger partial charge in [-0.3, -0.25) is 9.59 Å². The van der Waals surface area contributed by atoms with Crippen LogP contribution in [0.2, 0.25) is 0 Å². The van der Waals surface area contributed by atoms with Crippen LogP contribution in [0.15, 0.2) is 0 Å². The maximum atomic E-state index is 12.1. The highest BCUT2D eigenvalue weighted by Gasteiger charge is 2.30. The molecule has 0 aliphatic carbocycles. The fourth-order valence-electron chi connectivity index (χ4n) is 1.92. The molecule has 16 heavy (non-hydrogen) atoms. The summed E-state index contributed by atoms with van der Waals surface area (Å²) in [6.45, 7) is 8.31. The number of hydrogen-bond acceptors (Lipinski definition) is 2. The molecule has 2 atom stereocenters. The van der Waals surface area contributed by atoms with Crippen molar-refractivity contribution in [3.63, 3.8) is 0 Å². The van der Waals surface area contributed by atoms with Gasteiger partial charge in [-0.1, -0.05) is 20.3 Å². The maximum Gasteiger partial charge on any atom is 0.227 e. The summed E-state index contributed by atoms with van der Waals surface area (Å²) in [4.78, 5) is 25.0. The first-order chi connectivity index (χ1) is 7.58. The number of carbonyl (C=O) groups is 2. The molecule has 0 aromatic rings. The molecule has 1 N–H and O–H groups in total. The number of amides is 2. The second-order valence-electron chi connectivity index (χ2n) is 4.60. The fourth-order valence-corrected chi connectivity index (χ4v) is 1.92. The summed E-state index contributed by atoms with van der Waals surface area (Å²) in [5.41, 5.74) is 0.